The van der Waals surface area contributed by atoms with E-state index in [0.717, 1.165) is 22.4 Å². The Morgan fingerprint density at radius 1 is 1.10 bits per heavy atom. The fourth-order valence-corrected chi connectivity index (χ4v) is 3.46. The fraction of sp³-hybridized carbons (Fsp3) is 0.391. The van der Waals surface area contributed by atoms with E-state index >= 15 is 0 Å². The number of hydrogen-bond acceptors (Lipinski definition) is 3. The Labute approximate surface area is 170 Å². The van der Waals surface area contributed by atoms with Crippen molar-refractivity contribution in [3.05, 3.63) is 65.0 Å². The van der Waals surface area contributed by atoms with E-state index in [9.17, 15) is 14.0 Å². The minimum Gasteiger partial charge on any atom is -0.483 e. The molecule has 1 aliphatic rings. The molecule has 2 amide bonds. The number of hydrogen-bond donors (Lipinski definition) is 1. The molecule has 1 N–H and O–H groups in total. The van der Waals surface area contributed by atoms with Crippen molar-refractivity contribution in [2.45, 2.75) is 39.2 Å². The molecule has 1 heterocycles. The number of ether oxygens (including phenoxy) is 1. The molecule has 0 spiro atoms. The number of nitrogens with one attached hydrogen (secondary N) is 1. The van der Waals surface area contributed by atoms with Gasteiger partial charge in [-0.25, -0.2) is 4.39 Å². The number of benzene rings is 2. The Morgan fingerprint density at radius 3 is 2.48 bits per heavy atom. The lowest BCUT2D eigenvalue weighted by Gasteiger charge is -2.32. The number of nitrogens with zero attached hydrogens (tertiary/aromatic N) is 1. The molecule has 3 rings (SSSR count). The lowest BCUT2D eigenvalue weighted by molar-refractivity contribution is -0.131. The Morgan fingerprint density at radius 2 is 1.79 bits per heavy atom. The molecule has 6 heteroatoms. The van der Waals surface area contributed by atoms with E-state index < -0.39 is 0 Å². The number of amides is 2. The van der Waals surface area contributed by atoms with Gasteiger partial charge in [0.25, 0.3) is 5.91 Å². The second kappa shape index (κ2) is 9.54. The van der Waals surface area contributed by atoms with E-state index in [1.807, 2.05) is 32.0 Å². The predicted octanol–water partition coefficient (Wildman–Crippen LogP) is 3.17. The highest BCUT2D eigenvalue weighted by atomic mass is 19.1. The highest BCUT2D eigenvalue weighted by Crippen LogP contribution is 2.20. The summed E-state index contributed by atoms with van der Waals surface area (Å²) in [5, 5.41) is 3.00. The third-order valence-electron chi connectivity index (χ3n) is 5.40. The summed E-state index contributed by atoms with van der Waals surface area (Å²) < 4.78 is 18.6. The lowest BCUT2D eigenvalue weighted by Crippen LogP contribution is -2.47. The van der Waals surface area contributed by atoms with Crippen LogP contribution in [0.2, 0.25) is 0 Å². The largest absolute Gasteiger partial charge is 0.483 e. The van der Waals surface area contributed by atoms with Crippen molar-refractivity contribution in [2.75, 3.05) is 19.7 Å². The SMILES string of the molecule is Cc1cccc(OCC(=O)NC2CCN(C(=O)Cc3ccc(F)cc3)CC2)c1C. The number of piperidine rings is 1. The Kier molecular flexibility index (Phi) is 6.86. The van der Waals surface area contributed by atoms with Crippen LogP contribution in [0.1, 0.15) is 29.5 Å². The van der Waals surface area contributed by atoms with Crippen LogP contribution in [0.3, 0.4) is 0 Å². The number of carbonyl (C=O) groups is 2. The van der Waals surface area contributed by atoms with Crippen LogP contribution in [0.25, 0.3) is 0 Å². The van der Waals surface area contributed by atoms with Crippen LogP contribution in [-0.2, 0) is 16.0 Å². The van der Waals surface area contributed by atoms with Gasteiger partial charge in [0.1, 0.15) is 11.6 Å². The van der Waals surface area contributed by atoms with Gasteiger partial charge in [0.15, 0.2) is 6.61 Å². The minimum atomic E-state index is -0.306. The van der Waals surface area contributed by atoms with Gasteiger partial charge in [-0.2, -0.15) is 0 Å². The van der Waals surface area contributed by atoms with Crippen LogP contribution in [0.15, 0.2) is 42.5 Å². The van der Waals surface area contributed by atoms with Crippen molar-refractivity contribution in [2.24, 2.45) is 0 Å². The quantitative estimate of drug-likeness (QED) is 0.813. The number of carbonyl (C=O) groups excluding carboxylic acids is 2. The molecule has 2 aromatic rings. The number of likely N-dealkylation sites (tertiary alicyclic amines) is 1. The van der Waals surface area contributed by atoms with Gasteiger partial charge in [-0.15, -0.1) is 0 Å². The molecule has 154 valence electrons. The van der Waals surface area contributed by atoms with Gasteiger partial charge in [-0.05, 0) is 61.6 Å². The average molecular weight is 398 g/mol. The van der Waals surface area contributed by atoms with Crippen LogP contribution >= 0.6 is 0 Å². The predicted molar refractivity (Wildman–Crippen MR) is 109 cm³/mol. The van der Waals surface area contributed by atoms with E-state index in [0.29, 0.717) is 25.9 Å². The van der Waals surface area contributed by atoms with Gasteiger partial charge in [-0.1, -0.05) is 24.3 Å². The van der Waals surface area contributed by atoms with Crippen molar-refractivity contribution < 1.29 is 18.7 Å². The summed E-state index contributed by atoms with van der Waals surface area (Å²) in [6.07, 6.45) is 1.69. The molecule has 1 saturated heterocycles. The maximum atomic E-state index is 13.0. The normalized spacial score (nSPS) is 14.5. The second-order valence-corrected chi connectivity index (χ2v) is 7.51. The first-order valence-electron chi connectivity index (χ1n) is 9.93. The lowest BCUT2D eigenvalue weighted by atomic mass is 10.0. The van der Waals surface area contributed by atoms with Crippen LogP contribution in [0, 0.1) is 19.7 Å². The highest BCUT2D eigenvalue weighted by molar-refractivity contribution is 5.79. The zero-order chi connectivity index (χ0) is 20.8. The summed E-state index contributed by atoms with van der Waals surface area (Å²) in [7, 11) is 0. The first-order chi connectivity index (χ1) is 13.9. The molecule has 2 aromatic carbocycles. The Hall–Kier alpha value is -2.89. The third kappa shape index (κ3) is 5.79. The zero-order valence-electron chi connectivity index (χ0n) is 16.9. The van der Waals surface area contributed by atoms with Crippen molar-refractivity contribution >= 4 is 11.8 Å². The molecule has 0 atom stereocenters. The minimum absolute atomic E-state index is 0.0198. The summed E-state index contributed by atoms with van der Waals surface area (Å²) >= 11 is 0. The number of halogens is 1. The van der Waals surface area contributed by atoms with E-state index in [4.69, 9.17) is 4.74 Å². The van der Waals surface area contributed by atoms with Crippen molar-refractivity contribution in [1.29, 1.82) is 0 Å². The molecule has 5 nitrogen and oxygen atoms in total. The third-order valence-corrected chi connectivity index (χ3v) is 5.40. The second-order valence-electron chi connectivity index (χ2n) is 7.51. The monoisotopic (exact) mass is 398 g/mol. The van der Waals surface area contributed by atoms with Gasteiger partial charge >= 0.3 is 0 Å². The van der Waals surface area contributed by atoms with E-state index in [2.05, 4.69) is 5.32 Å². The van der Waals surface area contributed by atoms with E-state index in [1.54, 1.807) is 17.0 Å². The summed E-state index contributed by atoms with van der Waals surface area (Å²) in [5.41, 5.74) is 2.96. The first-order valence-corrected chi connectivity index (χ1v) is 9.93. The van der Waals surface area contributed by atoms with Crippen molar-refractivity contribution in [1.82, 2.24) is 10.2 Å². The Balaban J connectivity index is 1.41. The molecular formula is C23H27FN2O3. The molecule has 0 unspecified atom stereocenters. The van der Waals surface area contributed by atoms with E-state index in [-0.39, 0.29) is 36.7 Å². The molecule has 0 saturated carbocycles. The van der Waals surface area contributed by atoms with Gasteiger partial charge in [0, 0.05) is 19.1 Å². The van der Waals surface area contributed by atoms with Gasteiger partial charge in [-0.3, -0.25) is 9.59 Å². The number of rotatable bonds is 6. The highest BCUT2D eigenvalue weighted by Gasteiger charge is 2.24. The van der Waals surface area contributed by atoms with Crippen LogP contribution in [0.5, 0.6) is 5.75 Å². The summed E-state index contributed by atoms with van der Waals surface area (Å²) in [6, 6.07) is 11.8. The molecule has 0 aliphatic carbocycles. The summed E-state index contributed by atoms with van der Waals surface area (Å²) in [4.78, 5) is 26.4. The van der Waals surface area contributed by atoms with E-state index in [1.165, 1.54) is 12.1 Å². The molecular weight excluding hydrogens is 371 g/mol. The molecule has 0 bridgehead atoms. The van der Waals surface area contributed by atoms with Crippen molar-refractivity contribution in [3.8, 4) is 5.75 Å². The van der Waals surface area contributed by atoms with Gasteiger partial charge < -0.3 is 15.0 Å². The van der Waals surface area contributed by atoms with Crippen molar-refractivity contribution in [3.63, 3.8) is 0 Å². The maximum Gasteiger partial charge on any atom is 0.258 e. The summed E-state index contributed by atoms with van der Waals surface area (Å²) in [6.45, 7) is 5.16. The topological polar surface area (TPSA) is 58.6 Å². The van der Waals surface area contributed by atoms with Gasteiger partial charge in [0.05, 0.1) is 6.42 Å². The zero-order valence-corrected chi connectivity index (χ0v) is 16.9. The van der Waals surface area contributed by atoms with Crippen LogP contribution < -0.4 is 10.1 Å². The first kappa shape index (κ1) is 20.8. The van der Waals surface area contributed by atoms with Crippen LogP contribution in [0.4, 0.5) is 4.39 Å². The molecule has 1 fully saturated rings. The molecule has 29 heavy (non-hydrogen) atoms. The molecule has 1 aliphatic heterocycles. The molecule has 0 radical (unpaired) electrons. The summed E-state index contributed by atoms with van der Waals surface area (Å²) in [5.74, 6) is 0.294. The Bertz CT molecular complexity index is 859. The fourth-order valence-electron chi connectivity index (χ4n) is 3.46. The number of aryl methyl sites for hydroxylation is 1. The average Bonchev–Trinajstić information content (AvgIpc) is 2.71. The standard InChI is InChI=1S/C23H27FN2O3/c1-16-4-3-5-21(17(16)2)29-15-22(27)25-20-10-12-26(13-11-20)23(28)14-18-6-8-19(24)9-7-18/h3-9,20H,10-15H2,1-2H3,(H,25,27). The smallest absolute Gasteiger partial charge is 0.258 e. The maximum absolute atomic E-state index is 13.0. The van der Waals surface area contributed by atoms with Crippen LogP contribution in [-0.4, -0.2) is 42.5 Å². The van der Waals surface area contributed by atoms with Gasteiger partial charge in [0.2, 0.25) is 5.91 Å². The molecule has 0 aromatic heterocycles.